The second kappa shape index (κ2) is 7.88. The molecule has 1 amide bonds. The van der Waals surface area contributed by atoms with Gasteiger partial charge in [0.15, 0.2) is 0 Å². The van der Waals surface area contributed by atoms with Gasteiger partial charge < -0.3 is 10.1 Å². The molecular formula is C19H22N2O4S. The lowest BCUT2D eigenvalue weighted by Gasteiger charge is -2.13. The molecule has 26 heavy (non-hydrogen) atoms. The first kappa shape index (κ1) is 18.4. The molecule has 0 bridgehead atoms. The van der Waals surface area contributed by atoms with Crippen molar-refractivity contribution in [1.82, 2.24) is 5.32 Å². The number of hydrogen-bond donors (Lipinski definition) is 2. The van der Waals surface area contributed by atoms with Crippen molar-refractivity contribution in [2.45, 2.75) is 30.8 Å². The van der Waals surface area contributed by atoms with E-state index in [4.69, 9.17) is 4.74 Å². The Kier molecular flexibility index (Phi) is 5.58. The fourth-order valence-corrected chi connectivity index (χ4v) is 4.19. The normalized spacial score (nSPS) is 17.0. The van der Waals surface area contributed by atoms with Gasteiger partial charge in [-0.25, -0.2) is 8.42 Å². The van der Waals surface area contributed by atoms with Crippen LogP contribution in [0.3, 0.4) is 0 Å². The molecule has 0 aliphatic carbocycles. The molecule has 0 spiro atoms. The molecule has 2 aromatic rings. The summed E-state index contributed by atoms with van der Waals surface area (Å²) in [7, 11) is -3.79. The maximum absolute atomic E-state index is 12.7. The molecule has 1 atom stereocenters. The number of para-hydroxylation sites is 1. The van der Waals surface area contributed by atoms with E-state index < -0.39 is 10.0 Å². The highest BCUT2D eigenvalue weighted by Gasteiger charge is 2.20. The van der Waals surface area contributed by atoms with Crippen molar-refractivity contribution in [2.24, 2.45) is 0 Å². The van der Waals surface area contributed by atoms with Crippen LogP contribution in [0.5, 0.6) is 0 Å². The van der Waals surface area contributed by atoms with Gasteiger partial charge in [-0.2, -0.15) is 0 Å². The predicted molar refractivity (Wildman–Crippen MR) is 99.7 cm³/mol. The lowest BCUT2D eigenvalue weighted by Crippen LogP contribution is -2.31. The number of carbonyl (C=O) groups excluding carboxylic acids is 1. The Labute approximate surface area is 153 Å². The average molecular weight is 374 g/mol. The number of hydrogen-bond acceptors (Lipinski definition) is 4. The van der Waals surface area contributed by atoms with Crippen LogP contribution < -0.4 is 10.0 Å². The van der Waals surface area contributed by atoms with E-state index in [1.165, 1.54) is 6.07 Å². The Balaban J connectivity index is 1.77. The minimum Gasteiger partial charge on any atom is -0.376 e. The molecule has 3 rings (SSSR count). The van der Waals surface area contributed by atoms with Crippen LogP contribution in [-0.4, -0.2) is 33.6 Å². The van der Waals surface area contributed by atoms with Gasteiger partial charge in [-0.1, -0.05) is 24.3 Å². The fourth-order valence-electron chi connectivity index (χ4n) is 2.86. The molecule has 0 aromatic heterocycles. The molecule has 2 N–H and O–H groups in total. The van der Waals surface area contributed by atoms with Crippen LogP contribution in [0, 0.1) is 6.92 Å². The van der Waals surface area contributed by atoms with E-state index in [1.807, 2.05) is 6.07 Å². The zero-order chi connectivity index (χ0) is 18.6. The number of amides is 1. The van der Waals surface area contributed by atoms with Crippen LogP contribution in [0.15, 0.2) is 53.4 Å². The van der Waals surface area contributed by atoms with Crippen LogP contribution in [0.25, 0.3) is 0 Å². The Bertz CT molecular complexity index is 876. The summed E-state index contributed by atoms with van der Waals surface area (Å²) in [6.45, 7) is 2.85. The van der Waals surface area contributed by atoms with Gasteiger partial charge in [0.1, 0.15) is 0 Å². The van der Waals surface area contributed by atoms with Gasteiger partial charge in [0.2, 0.25) is 0 Å². The van der Waals surface area contributed by atoms with E-state index in [0.29, 0.717) is 23.4 Å². The summed E-state index contributed by atoms with van der Waals surface area (Å²) in [6.07, 6.45) is 1.96. The topological polar surface area (TPSA) is 84.5 Å². The minimum absolute atomic E-state index is 0.0346. The molecular weight excluding hydrogens is 352 g/mol. The van der Waals surface area contributed by atoms with E-state index in [2.05, 4.69) is 10.0 Å². The first-order chi connectivity index (χ1) is 12.5. The van der Waals surface area contributed by atoms with Crippen molar-refractivity contribution >= 4 is 21.6 Å². The number of benzene rings is 2. The molecule has 138 valence electrons. The van der Waals surface area contributed by atoms with Crippen molar-refractivity contribution in [1.29, 1.82) is 0 Å². The Morgan fingerprint density at radius 1 is 1.19 bits per heavy atom. The van der Waals surface area contributed by atoms with Crippen LogP contribution in [0.2, 0.25) is 0 Å². The highest BCUT2D eigenvalue weighted by molar-refractivity contribution is 7.92. The summed E-state index contributed by atoms with van der Waals surface area (Å²) in [5.41, 5.74) is 1.35. The van der Waals surface area contributed by atoms with E-state index in [9.17, 15) is 13.2 Å². The van der Waals surface area contributed by atoms with Crippen molar-refractivity contribution in [3.63, 3.8) is 0 Å². The Morgan fingerprint density at radius 2 is 1.96 bits per heavy atom. The van der Waals surface area contributed by atoms with Gasteiger partial charge >= 0.3 is 0 Å². The van der Waals surface area contributed by atoms with Crippen LogP contribution >= 0.6 is 0 Å². The molecule has 6 nitrogen and oxygen atoms in total. The molecule has 2 aromatic carbocycles. The third-order valence-corrected chi connectivity index (χ3v) is 5.80. The summed E-state index contributed by atoms with van der Waals surface area (Å²) < 4.78 is 33.4. The Morgan fingerprint density at radius 3 is 2.65 bits per heavy atom. The average Bonchev–Trinajstić information content (AvgIpc) is 3.14. The van der Waals surface area contributed by atoms with E-state index in [1.54, 1.807) is 43.3 Å². The van der Waals surface area contributed by atoms with Crippen LogP contribution in [-0.2, 0) is 14.8 Å². The summed E-state index contributed by atoms with van der Waals surface area (Å²) in [5.74, 6) is -0.309. The van der Waals surface area contributed by atoms with Gasteiger partial charge in [-0.05, 0) is 49.6 Å². The number of anilines is 1. The zero-order valence-electron chi connectivity index (χ0n) is 14.6. The first-order valence-corrected chi connectivity index (χ1v) is 10.0. The maximum atomic E-state index is 12.7. The predicted octanol–water partition coefficient (Wildman–Crippen LogP) is 2.70. The lowest BCUT2D eigenvalue weighted by molar-refractivity contribution is 0.0857. The lowest BCUT2D eigenvalue weighted by atomic mass is 10.1. The number of ether oxygens (including phenoxy) is 1. The number of sulfonamides is 1. The SMILES string of the molecule is Cc1ccc(C(=O)NCC2CCCO2)cc1S(=O)(=O)Nc1ccccc1. The molecule has 0 saturated carbocycles. The molecule has 1 aliphatic heterocycles. The summed E-state index contributed by atoms with van der Waals surface area (Å²) in [6, 6.07) is 13.3. The molecule has 0 radical (unpaired) electrons. The van der Waals surface area contributed by atoms with Gasteiger partial charge in [-0.15, -0.1) is 0 Å². The largest absolute Gasteiger partial charge is 0.376 e. The third kappa shape index (κ3) is 4.42. The molecule has 1 aliphatic rings. The zero-order valence-corrected chi connectivity index (χ0v) is 15.4. The standard InChI is InChI=1S/C19H22N2O4S/c1-14-9-10-15(19(22)20-13-17-8-5-11-25-17)12-18(14)26(23,24)21-16-6-3-2-4-7-16/h2-4,6-7,9-10,12,17,21H,5,8,11,13H2,1H3,(H,20,22). The fraction of sp³-hybridized carbons (Fsp3) is 0.316. The van der Waals surface area contributed by atoms with Gasteiger partial charge in [0.25, 0.3) is 15.9 Å². The maximum Gasteiger partial charge on any atom is 0.262 e. The van der Waals surface area contributed by atoms with Crippen molar-refractivity contribution < 1.29 is 17.9 Å². The second-order valence-corrected chi connectivity index (χ2v) is 7.95. The monoisotopic (exact) mass is 374 g/mol. The van der Waals surface area contributed by atoms with E-state index >= 15 is 0 Å². The second-order valence-electron chi connectivity index (χ2n) is 6.30. The van der Waals surface area contributed by atoms with Crippen molar-refractivity contribution in [3.05, 3.63) is 59.7 Å². The summed E-state index contributed by atoms with van der Waals surface area (Å²) in [5, 5.41) is 2.81. The molecule has 1 saturated heterocycles. The number of aryl methyl sites for hydroxylation is 1. The molecule has 1 fully saturated rings. The van der Waals surface area contributed by atoms with Crippen LogP contribution in [0.4, 0.5) is 5.69 Å². The molecule has 1 unspecified atom stereocenters. The smallest absolute Gasteiger partial charge is 0.262 e. The summed E-state index contributed by atoms with van der Waals surface area (Å²) in [4.78, 5) is 12.5. The van der Waals surface area contributed by atoms with E-state index in [0.717, 1.165) is 19.4 Å². The quantitative estimate of drug-likeness (QED) is 0.814. The summed E-state index contributed by atoms with van der Waals surface area (Å²) >= 11 is 0. The Hall–Kier alpha value is -2.38. The van der Waals surface area contributed by atoms with E-state index in [-0.39, 0.29) is 16.9 Å². The van der Waals surface area contributed by atoms with Crippen molar-refractivity contribution in [3.8, 4) is 0 Å². The highest BCUT2D eigenvalue weighted by atomic mass is 32.2. The molecule has 7 heteroatoms. The van der Waals surface area contributed by atoms with Crippen molar-refractivity contribution in [2.75, 3.05) is 17.9 Å². The highest BCUT2D eigenvalue weighted by Crippen LogP contribution is 2.21. The number of carbonyl (C=O) groups is 1. The van der Waals surface area contributed by atoms with Crippen LogP contribution in [0.1, 0.15) is 28.8 Å². The third-order valence-electron chi connectivity index (χ3n) is 4.28. The minimum atomic E-state index is -3.79. The van der Waals surface area contributed by atoms with Gasteiger partial charge in [0.05, 0.1) is 11.0 Å². The number of rotatable bonds is 6. The first-order valence-electron chi connectivity index (χ1n) is 8.54. The van der Waals surface area contributed by atoms with Gasteiger partial charge in [0, 0.05) is 24.4 Å². The molecule has 1 heterocycles. The van der Waals surface area contributed by atoms with Gasteiger partial charge in [-0.3, -0.25) is 9.52 Å². The number of nitrogens with one attached hydrogen (secondary N) is 2.